The first-order chi connectivity index (χ1) is 14.0. The molecule has 0 amide bonds. The van der Waals surface area contributed by atoms with Gasteiger partial charge in [0.2, 0.25) is 5.78 Å². The lowest BCUT2D eigenvalue weighted by Crippen LogP contribution is -2.67. The van der Waals surface area contributed by atoms with Crippen LogP contribution in [0.3, 0.4) is 0 Å². The number of ketones is 2. The van der Waals surface area contributed by atoms with Crippen molar-refractivity contribution in [2.24, 2.45) is 0 Å². The van der Waals surface area contributed by atoms with Crippen LogP contribution in [-0.2, 0) is 21.4 Å². The van der Waals surface area contributed by atoms with Gasteiger partial charge in [0, 0.05) is 31.3 Å². The summed E-state index contributed by atoms with van der Waals surface area (Å²) in [5.41, 5.74) is 0.108. The zero-order valence-corrected chi connectivity index (χ0v) is 16.8. The molecule has 2 aliphatic rings. The van der Waals surface area contributed by atoms with Gasteiger partial charge in [-0.15, -0.1) is 0 Å². The van der Waals surface area contributed by atoms with Crippen LogP contribution in [0.4, 0.5) is 0 Å². The summed E-state index contributed by atoms with van der Waals surface area (Å²) >= 11 is 0. The molecule has 5 nitrogen and oxygen atoms in total. The molecule has 2 aromatic rings. The molecule has 2 unspecified atom stereocenters. The van der Waals surface area contributed by atoms with Crippen LogP contribution in [0.1, 0.15) is 30.4 Å². The maximum Gasteiger partial charge on any atom is 0.201 e. The lowest BCUT2D eigenvalue weighted by atomic mass is 9.55. The van der Waals surface area contributed by atoms with E-state index in [-0.39, 0.29) is 18.6 Å². The molecule has 0 radical (unpaired) electrons. The van der Waals surface area contributed by atoms with Crippen LogP contribution < -0.4 is 4.74 Å². The van der Waals surface area contributed by atoms with E-state index in [0.29, 0.717) is 18.7 Å². The molecule has 1 N–H and O–H groups in total. The fourth-order valence-electron chi connectivity index (χ4n) is 4.96. The van der Waals surface area contributed by atoms with Crippen molar-refractivity contribution >= 4 is 11.6 Å². The van der Waals surface area contributed by atoms with Crippen molar-refractivity contribution in [3.63, 3.8) is 0 Å². The highest BCUT2D eigenvalue weighted by molar-refractivity contribution is 6.38. The fourth-order valence-corrected chi connectivity index (χ4v) is 4.96. The second-order valence-electron chi connectivity index (χ2n) is 8.31. The van der Waals surface area contributed by atoms with E-state index in [4.69, 9.17) is 4.74 Å². The predicted octanol–water partition coefficient (Wildman–Crippen LogP) is 2.54. The Kier molecular flexibility index (Phi) is 5.28. The second-order valence-corrected chi connectivity index (χ2v) is 8.31. The maximum atomic E-state index is 12.4. The molecule has 1 aliphatic heterocycles. The molecule has 152 valence electrons. The summed E-state index contributed by atoms with van der Waals surface area (Å²) in [6.07, 6.45) is 1.45. The van der Waals surface area contributed by atoms with Gasteiger partial charge in [-0.1, -0.05) is 42.5 Å². The van der Waals surface area contributed by atoms with Crippen molar-refractivity contribution in [3.05, 3.63) is 65.7 Å². The maximum absolute atomic E-state index is 12.4. The molecule has 0 spiro atoms. The minimum atomic E-state index is -1.26. The van der Waals surface area contributed by atoms with E-state index < -0.39 is 16.8 Å². The van der Waals surface area contributed by atoms with Gasteiger partial charge in [0.05, 0.1) is 12.7 Å². The Morgan fingerprint density at radius 2 is 1.79 bits per heavy atom. The minimum absolute atomic E-state index is 0.0576. The van der Waals surface area contributed by atoms with E-state index in [9.17, 15) is 14.7 Å². The van der Waals surface area contributed by atoms with Gasteiger partial charge >= 0.3 is 0 Å². The molecule has 1 aliphatic carbocycles. The molecule has 0 aromatic heterocycles. The molecule has 29 heavy (non-hydrogen) atoms. The zero-order valence-electron chi connectivity index (χ0n) is 16.8. The molecule has 1 saturated carbocycles. The summed E-state index contributed by atoms with van der Waals surface area (Å²) in [7, 11) is 1.60. The Morgan fingerprint density at radius 3 is 2.55 bits per heavy atom. The number of carbonyl (C=O) groups excluding carboxylic acids is 2. The first-order valence-corrected chi connectivity index (χ1v) is 10.1. The molecule has 2 atom stereocenters. The van der Waals surface area contributed by atoms with Crippen LogP contribution in [-0.4, -0.2) is 53.9 Å². The molecule has 4 rings (SSSR count). The number of ether oxygens (including phenoxy) is 1. The van der Waals surface area contributed by atoms with Crippen molar-refractivity contribution in [1.82, 2.24) is 4.90 Å². The van der Waals surface area contributed by atoms with E-state index in [2.05, 4.69) is 17.0 Å². The topological polar surface area (TPSA) is 66.8 Å². The highest BCUT2D eigenvalue weighted by atomic mass is 16.5. The number of carbonyl (C=O) groups is 2. The standard InChI is InChI=1S/C24H27NO4/c1-29-20-9-5-8-19(14-20)23-11-13-25(12-10-18-6-3-2-4-7-18)17-24(23,28)16-22(27)21(26)15-23/h2-9,14,28H,10-13,15-17H2,1H3. The van der Waals surface area contributed by atoms with E-state index in [0.717, 1.165) is 25.1 Å². The van der Waals surface area contributed by atoms with Crippen molar-refractivity contribution in [3.8, 4) is 5.75 Å². The van der Waals surface area contributed by atoms with Crippen LogP contribution in [0.25, 0.3) is 0 Å². The van der Waals surface area contributed by atoms with Crippen LogP contribution in [0, 0.1) is 0 Å². The predicted molar refractivity (Wildman–Crippen MR) is 110 cm³/mol. The third-order valence-electron chi connectivity index (χ3n) is 6.64. The van der Waals surface area contributed by atoms with Gasteiger partial charge in [0.25, 0.3) is 0 Å². The SMILES string of the molecule is COc1cccc(C23CCN(CCc4ccccc4)CC2(O)CC(=O)C(=O)C3)c1. The molecule has 0 bridgehead atoms. The number of hydrogen-bond acceptors (Lipinski definition) is 5. The third kappa shape index (κ3) is 3.61. The number of rotatable bonds is 5. The van der Waals surface area contributed by atoms with Gasteiger partial charge in [-0.2, -0.15) is 0 Å². The summed E-state index contributed by atoms with van der Waals surface area (Å²) in [5, 5.41) is 11.8. The van der Waals surface area contributed by atoms with E-state index in [1.165, 1.54) is 5.56 Å². The number of hydrogen-bond donors (Lipinski definition) is 1. The Hall–Kier alpha value is -2.50. The molecule has 1 saturated heterocycles. The van der Waals surface area contributed by atoms with Gasteiger partial charge in [0.15, 0.2) is 5.78 Å². The number of methoxy groups -OCH3 is 1. The molecular formula is C24H27NO4. The Bertz CT molecular complexity index is 912. The summed E-state index contributed by atoms with van der Waals surface area (Å²) in [4.78, 5) is 26.9. The summed E-state index contributed by atoms with van der Waals surface area (Å²) in [6.45, 7) is 1.96. The summed E-state index contributed by atoms with van der Waals surface area (Å²) in [6, 6.07) is 17.8. The van der Waals surface area contributed by atoms with E-state index >= 15 is 0 Å². The molecule has 2 aromatic carbocycles. The fraction of sp³-hybridized carbons (Fsp3) is 0.417. The van der Waals surface area contributed by atoms with Gasteiger partial charge < -0.3 is 14.7 Å². The van der Waals surface area contributed by atoms with E-state index in [1.54, 1.807) is 7.11 Å². The Morgan fingerprint density at radius 1 is 1.03 bits per heavy atom. The van der Waals surface area contributed by atoms with Crippen molar-refractivity contribution in [1.29, 1.82) is 0 Å². The Labute approximate surface area is 171 Å². The van der Waals surface area contributed by atoms with Crippen LogP contribution in [0.15, 0.2) is 54.6 Å². The zero-order chi connectivity index (χ0) is 20.5. The normalized spacial score (nSPS) is 27.5. The Balaban J connectivity index is 1.62. The van der Waals surface area contributed by atoms with Crippen LogP contribution >= 0.6 is 0 Å². The van der Waals surface area contributed by atoms with Crippen molar-refractivity contribution < 1.29 is 19.4 Å². The number of benzene rings is 2. The number of piperidine rings is 1. The van der Waals surface area contributed by atoms with Gasteiger partial charge in [0.1, 0.15) is 5.75 Å². The van der Waals surface area contributed by atoms with Crippen molar-refractivity contribution in [2.75, 3.05) is 26.7 Å². The monoisotopic (exact) mass is 393 g/mol. The lowest BCUT2D eigenvalue weighted by Gasteiger charge is -2.55. The van der Waals surface area contributed by atoms with Gasteiger partial charge in [-0.05, 0) is 42.6 Å². The number of aliphatic hydroxyl groups is 1. The van der Waals surface area contributed by atoms with Crippen molar-refractivity contribution in [2.45, 2.75) is 36.7 Å². The highest BCUT2D eigenvalue weighted by Gasteiger charge is 2.59. The van der Waals surface area contributed by atoms with E-state index in [1.807, 2.05) is 42.5 Å². The molecule has 2 fully saturated rings. The summed E-state index contributed by atoms with van der Waals surface area (Å²) < 4.78 is 5.37. The third-order valence-corrected chi connectivity index (χ3v) is 6.64. The smallest absolute Gasteiger partial charge is 0.201 e. The minimum Gasteiger partial charge on any atom is -0.497 e. The number of fused-ring (bicyclic) bond motifs is 1. The first-order valence-electron chi connectivity index (χ1n) is 10.1. The van der Waals surface area contributed by atoms with Crippen LogP contribution in [0.5, 0.6) is 5.75 Å². The average molecular weight is 393 g/mol. The summed E-state index contributed by atoms with van der Waals surface area (Å²) in [5.74, 6) is -0.152. The van der Waals surface area contributed by atoms with Gasteiger partial charge in [-0.25, -0.2) is 0 Å². The van der Waals surface area contributed by atoms with Crippen LogP contribution in [0.2, 0.25) is 0 Å². The largest absolute Gasteiger partial charge is 0.497 e. The highest BCUT2D eigenvalue weighted by Crippen LogP contribution is 2.50. The molecule has 1 heterocycles. The number of Topliss-reactive ketones (excluding diaryl/α,β-unsaturated/α-hetero) is 2. The molecular weight excluding hydrogens is 366 g/mol. The second kappa shape index (κ2) is 7.73. The number of nitrogens with zero attached hydrogens (tertiary/aromatic N) is 1. The van der Waals surface area contributed by atoms with Gasteiger partial charge in [-0.3, -0.25) is 9.59 Å². The average Bonchev–Trinajstić information content (AvgIpc) is 2.74. The lowest BCUT2D eigenvalue weighted by molar-refractivity contribution is -0.160. The number of β-amino-alcohol motifs (C(OH)–C–C–N with tert-alkyl or cyclic N) is 1. The quantitative estimate of drug-likeness (QED) is 0.791. The first kappa shape index (κ1) is 19.8. The molecule has 5 heteroatoms. The number of likely N-dealkylation sites (tertiary alicyclic amines) is 1.